The molecule has 0 aliphatic heterocycles. The van der Waals surface area contributed by atoms with Crippen LogP contribution >= 0.6 is 46.4 Å². The number of alkyl halides is 3. The third-order valence-electron chi connectivity index (χ3n) is 3.59. The standard InChI is InChI=1S/C16H18Cl4N4/c1-10(24(2)3)9-21-15-22-13(8-14(23-15)16(18,19)20)11-4-6-12(17)7-5-11/h4-8,10H,9H2,1-3H3,(H,21,22,23). The molecular formula is C16H18Cl4N4. The Morgan fingerprint density at radius 3 is 2.29 bits per heavy atom. The van der Waals surface area contributed by atoms with E-state index >= 15 is 0 Å². The molecule has 1 aromatic carbocycles. The lowest BCUT2D eigenvalue weighted by Crippen LogP contribution is -2.32. The first kappa shape index (κ1) is 19.5. The second-order valence-electron chi connectivity index (χ2n) is 5.66. The second-order valence-corrected chi connectivity index (χ2v) is 8.38. The maximum absolute atomic E-state index is 6.01. The monoisotopic (exact) mass is 406 g/mol. The SMILES string of the molecule is CC(CNc1nc(-c2ccc(Cl)cc2)cc(C(Cl)(Cl)Cl)n1)N(C)C. The van der Waals surface area contributed by atoms with Gasteiger partial charge in [0, 0.05) is 23.2 Å². The molecule has 130 valence electrons. The van der Waals surface area contributed by atoms with Crippen molar-refractivity contribution in [2.75, 3.05) is 26.0 Å². The van der Waals surface area contributed by atoms with Gasteiger partial charge in [-0.15, -0.1) is 0 Å². The van der Waals surface area contributed by atoms with Gasteiger partial charge in [-0.2, -0.15) is 0 Å². The Labute approximate surface area is 162 Å². The Morgan fingerprint density at radius 2 is 1.75 bits per heavy atom. The minimum absolute atomic E-state index is 0.295. The number of nitrogens with zero attached hydrogens (tertiary/aromatic N) is 3. The van der Waals surface area contributed by atoms with Crippen LogP contribution in [0.15, 0.2) is 30.3 Å². The summed E-state index contributed by atoms with van der Waals surface area (Å²) in [7, 11) is 4.01. The highest BCUT2D eigenvalue weighted by atomic mass is 35.6. The number of anilines is 1. The van der Waals surface area contributed by atoms with Crippen molar-refractivity contribution in [3.05, 3.63) is 41.0 Å². The quantitative estimate of drug-likeness (QED) is 0.709. The average molecular weight is 408 g/mol. The van der Waals surface area contributed by atoms with E-state index in [0.29, 0.717) is 34.9 Å². The van der Waals surface area contributed by atoms with Crippen molar-refractivity contribution in [3.63, 3.8) is 0 Å². The van der Waals surface area contributed by atoms with E-state index in [4.69, 9.17) is 46.4 Å². The Bertz CT molecular complexity index is 683. The lowest BCUT2D eigenvalue weighted by Gasteiger charge is -2.21. The highest BCUT2D eigenvalue weighted by molar-refractivity contribution is 6.66. The van der Waals surface area contributed by atoms with Crippen molar-refractivity contribution >= 4 is 52.4 Å². The Hall–Kier alpha value is -0.780. The molecule has 2 aromatic rings. The minimum atomic E-state index is -1.63. The fraction of sp³-hybridized carbons (Fsp3) is 0.375. The van der Waals surface area contributed by atoms with Crippen molar-refractivity contribution in [2.45, 2.75) is 16.8 Å². The molecule has 0 aliphatic carbocycles. The largest absolute Gasteiger partial charge is 0.353 e. The summed E-state index contributed by atoms with van der Waals surface area (Å²) in [6.07, 6.45) is 0. The molecule has 0 aliphatic rings. The number of benzene rings is 1. The normalized spacial score (nSPS) is 13.2. The van der Waals surface area contributed by atoms with Crippen LogP contribution in [-0.4, -0.2) is 41.5 Å². The molecule has 0 fully saturated rings. The molecule has 0 bridgehead atoms. The molecule has 1 atom stereocenters. The van der Waals surface area contributed by atoms with E-state index < -0.39 is 3.79 Å². The fourth-order valence-corrected chi connectivity index (χ4v) is 2.28. The van der Waals surface area contributed by atoms with Gasteiger partial charge in [0.25, 0.3) is 0 Å². The van der Waals surface area contributed by atoms with E-state index in [1.807, 2.05) is 26.2 Å². The highest BCUT2D eigenvalue weighted by Gasteiger charge is 2.26. The summed E-state index contributed by atoms with van der Waals surface area (Å²) in [5.74, 6) is 0.414. The van der Waals surface area contributed by atoms with E-state index in [2.05, 4.69) is 27.1 Å². The van der Waals surface area contributed by atoms with Crippen molar-refractivity contribution in [1.29, 1.82) is 0 Å². The second kappa shape index (κ2) is 8.07. The summed E-state index contributed by atoms with van der Waals surface area (Å²) in [5.41, 5.74) is 1.83. The fourth-order valence-electron chi connectivity index (χ4n) is 1.86. The van der Waals surface area contributed by atoms with E-state index in [-0.39, 0.29) is 0 Å². The Morgan fingerprint density at radius 1 is 1.12 bits per heavy atom. The molecule has 0 saturated heterocycles. The van der Waals surface area contributed by atoms with Crippen molar-refractivity contribution < 1.29 is 0 Å². The van der Waals surface area contributed by atoms with Crippen LogP contribution in [0.1, 0.15) is 12.6 Å². The van der Waals surface area contributed by atoms with Crippen molar-refractivity contribution in [1.82, 2.24) is 14.9 Å². The van der Waals surface area contributed by atoms with E-state index in [9.17, 15) is 0 Å². The maximum atomic E-state index is 6.01. The van der Waals surface area contributed by atoms with Crippen LogP contribution in [0, 0.1) is 0 Å². The number of rotatable bonds is 5. The molecule has 0 radical (unpaired) electrons. The zero-order chi connectivity index (χ0) is 17.9. The summed E-state index contributed by atoms with van der Waals surface area (Å²) in [6, 6.07) is 9.25. The van der Waals surface area contributed by atoms with Crippen LogP contribution in [0.5, 0.6) is 0 Å². The first-order chi connectivity index (χ1) is 11.2. The zero-order valence-electron chi connectivity index (χ0n) is 13.5. The van der Waals surface area contributed by atoms with Crippen LogP contribution in [0.2, 0.25) is 5.02 Å². The summed E-state index contributed by atoms with van der Waals surface area (Å²) in [5, 5.41) is 3.84. The first-order valence-corrected chi connectivity index (χ1v) is 8.80. The molecule has 4 nitrogen and oxygen atoms in total. The summed E-state index contributed by atoms with van der Waals surface area (Å²) < 4.78 is -1.63. The molecule has 24 heavy (non-hydrogen) atoms. The van der Waals surface area contributed by atoms with Gasteiger partial charge in [-0.3, -0.25) is 0 Å². The lowest BCUT2D eigenvalue weighted by atomic mass is 10.1. The van der Waals surface area contributed by atoms with Gasteiger partial charge in [-0.25, -0.2) is 9.97 Å². The lowest BCUT2D eigenvalue weighted by molar-refractivity contribution is 0.325. The van der Waals surface area contributed by atoms with E-state index in [0.717, 1.165) is 5.56 Å². The van der Waals surface area contributed by atoms with Gasteiger partial charge < -0.3 is 10.2 Å². The Kier molecular flexibility index (Phi) is 6.57. The van der Waals surface area contributed by atoms with Gasteiger partial charge in [-0.1, -0.05) is 58.5 Å². The molecule has 0 spiro atoms. The van der Waals surface area contributed by atoms with Gasteiger partial charge >= 0.3 is 0 Å². The number of halogens is 4. The summed E-state index contributed by atoms with van der Waals surface area (Å²) >= 11 is 24.0. The third kappa shape index (κ3) is 5.36. The predicted molar refractivity (Wildman–Crippen MR) is 103 cm³/mol. The smallest absolute Gasteiger partial charge is 0.232 e. The van der Waals surface area contributed by atoms with E-state index in [1.54, 1.807) is 18.2 Å². The van der Waals surface area contributed by atoms with Crippen LogP contribution in [-0.2, 0) is 3.79 Å². The summed E-state index contributed by atoms with van der Waals surface area (Å²) in [6.45, 7) is 2.75. The molecule has 1 aromatic heterocycles. The molecule has 1 unspecified atom stereocenters. The summed E-state index contributed by atoms with van der Waals surface area (Å²) in [4.78, 5) is 10.9. The molecule has 1 heterocycles. The Balaban J connectivity index is 2.36. The third-order valence-corrected chi connectivity index (χ3v) is 4.43. The van der Waals surface area contributed by atoms with Gasteiger partial charge in [0.05, 0.1) is 11.4 Å². The number of nitrogens with one attached hydrogen (secondary N) is 1. The highest BCUT2D eigenvalue weighted by Crippen LogP contribution is 2.38. The van der Waals surface area contributed by atoms with Gasteiger partial charge in [-0.05, 0) is 39.2 Å². The van der Waals surface area contributed by atoms with Crippen LogP contribution < -0.4 is 5.32 Å². The molecule has 0 saturated carbocycles. The topological polar surface area (TPSA) is 41.1 Å². The number of aromatic nitrogens is 2. The molecule has 8 heteroatoms. The number of hydrogen-bond acceptors (Lipinski definition) is 4. The van der Waals surface area contributed by atoms with Crippen molar-refractivity contribution in [2.24, 2.45) is 0 Å². The van der Waals surface area contributed by atoms with Gasteiger partial charge in [0.1, 0.15) is 0 Å². The van der Waals surface area contributed by atoms with Crippen LogP contribution in [0.4, 0.5) is 5.95 Å². The van der Waals surface area contributed by atoms with Gasteiger partial charge in [0.2, 0.25) is 9.74 Å². The first-order valence-electron chi connectivity index (χ1n) is 7.29. The number of likely N-dealkylation sites (N-methyl/N-ethyl adjacent to an activating group) is 1. The number of hydrogen-bond donors (Lipinski definition) is 1. The van der Waals surface area contributed by atoms with Crippen molar-refractivity contribution in [3.8, 4) is 11.3 Å². The average Bonchev–Trinajstić information content (AvgIpc) is 2.52. The molecule has 1 N–H and O–H groups in total. The molecule has 2 rings (SSSR count). The van der Waals surface area contributed by atoms with E-state index in [1.165, 1.54) is 0 Å². The van der Waals surface area contributed by atoms with Crippen LogP contribution in [0.3, 0.4) is 0 Å². The van der Waals surface area contributed by atoms with Crippen LogP contribution in [0.25, 0.3) is 11.3 Å². The minimum Gasteiger partial charge on any atom is -0.353 e. The molecule has 0 amide bonds. The van der Waals surface area contributed by atoms with Gasteiger partial charge in [0.15, 0.2) is 0 Å². The molecular weight excluding hydrogens is 390 g/mol. The zero-order valence-corrected chi connectivity index (χ0v) is 16.5. The maximum Gasteiger partial charge on any atom is 0.232 e. The predicted octanol–water partition coefficient (Wildman–Crippen LogP) is 4.99.